The molecule has 0 radical (unpaired) electrons. The predicted octanol–water partition coefficient (Wildman–Crippen LogP) is 1.17. The highest BCUT2D eigenvalue weighted by molar-refractivity contribution is 5.28. The van der Waals surface area contributed by atoms with Gasteiger partial charge in [-0.3, -0.25) is 0 Å². The van der Waals surface area contributed by atoms with E-state index in [0.29, 0.717) is 13.0 Å². The molecule has 0 aliphatic heterocycles. The van der Waals surface area contributed by atoms with Gasteiger partial charge in [0.1, 0.15) is 12.4 Å². The van der Waals surface area contributed by atoms with E-state index >= 15 is 0 Å². The van der Waals surface area contributed by atoms with Gasteiger partial charge in [0.15, 0.2) is 0 Å². The molecule has 0 spiro atoms. The highest BCUT2D eigenvalue weighted by atomic mass is 16.5. The number of hydrogen-bond donors (Lipinski definition) is 2. The van der Waals surface area contributed by atoms with Gasteiger partial charge in [0.05, 0.1) is 6.04 Å². The summed E-state index contributed by atoms with van der Waals surface area (Å²) in [6, 6.07) is 7.06. The number of nitrogens with two attached hydrogens (primary N) is 1. The second kappa shape index (κ2) is 6.01. The third-order valence-electron chi connectivity index (χ3n) is 2.52. The smallest absolute Gasteiger partial charge is 0.434 e. The summed E-state index contributed by atoms with van der Waals surface area (Å²) in [6.45, 7) is 4.05. The number of aromatic amines is 1. The maximum Gasteiger partial charge on any atom is 0.434 e. The molecule has 1 heterocycles. The minimum absolute atomic E-state index is 0.206. The first-order valence-electron chi connectivity index (χ1n) is 5.82. The molecule has 0 bridgehead atoms. The van der Waals surface area contributed by atoms with Crippen LogP contribution in [0.25, 0.3) is 0 Å². The van der Waals surface area contributed by atoms with Gasteiger partial charge < -0.3 is 14.9 Å². The standard InChI is InChI=1S/C13H15N3O3/c1-2-7-18-10-5-3-9(4-6-10)8-11(14)12-15-16-13(17)19-12/h2-6,11H,1,7-8,14H2,(H,16,17). The summed E-state index contributed by atoms with van der Waals surface area (Å²) in [4.78, 5) is 10.8. The van der Waals surface area contributed by atoms with Crippen molar-refractivity contribution in [2.24, 2.45) is 5.73 Å². The Morgan fingerprint density at radius 3 is 2.79 bits per heavy atom. The van der Waals surface area contributed by atoms with Gasteiger partial charge in [-0.2, -0.15) is 0 Å². The third-order valence-corrected chi connectivity index (χ3v) is 2.52. The molecule has 0 amide bonds. The van der Waals surface area contributed by atoms with E-state index in [4.69, 9.17) is 14.9 Å². The van der Waals surface area contributed by atoms with E-state index in [0.717, 1.165) is 11.3 Å². The van der Waals surface area contributed by atoms with Crippen molar-refractivity contribution in [3.8, 4) is 5.75 Å². The van der Waals surface area contributed by atoms with E-state index in [1.807, 2.05) is 24.3 Å². The molecule has 1 aromatic carbocycles. The van der Waals surface area contributed by atoms with Crippen LogP contribution in [0, 0.1) is 0 Å². The van der Waals surface area contributed by atoms with Crippen LogP contribution in [0.5, 0.6) is 5.75 Å². The van der Waals surface area contributed by atoms with E-state index in [2.05, 4.69) is 16.8 Å². The highest BCUT2D eigenvalue weighted by Crippen LogP contribution is 2.16. The zero-order valence-corrected chi connectivity index (χ0v) is 10.3. The molecular weight excluding hydrogens is 246 g/mol. The monoisotopic (exact) mass is 261 g/mol. The van der Waals surface area contributed by atoms with Crippen LogP contribution in [0.1, 0.15) is 17.5 Å². The van der Waals surface area contributed by atoms with E-state index in [1.165, 1.54) is 0 Å². The van der Waals surface area contributed by atoms with Crippen molar-refractivity contribution in [3.05, 3.63) is 58.9 Å². The van der Waals surface area contributed by atoms with Crippen molar-refractivity contribution in [2.75, 3.05) is 6.61 Å². The summed E-state index contributed by atoms with van der Waals surface area (Å²) < 4.78 is 10.2. The SMILES string of the molecule is C=CCOc1ccc(CC(N)c2n[nH]c(=O)o2)cc1. The molecule has 6 nitrogen and oxygen atoms in total. The zero-order valence-electron chi connectivity index (χ0n) is 10.3. The van der Waals surface area contributed by atoms with E-state index in [1.54, 1.807) is 6.08 Å². The lowest BCUT2D eigenvalue weighted by molar-refractivity contribution is 0.363. The Morgan fingerprint density at radius 1 is 1.47 bits per heavy atom. The van der Waals surface area contributed by atoms with Crippen molar-refractivity contribution < 1.29 is 9.15 Å². The van der Waals surface area contributed by atoms with Crippen LogP contribution >= 0.6 is 0 Å². The van der Waals surface area contributed by atoms with Gasteiger partial charge in [-0.05, 0) is 24.1 Å². The number of ether oxygens (including phenoxy) is 1. The van der Waals surface area contributed by atoms with Crippen LogP contribution in [-0.2, 0) is 6.42 Å². The molecule has 1 aromatic heterocycles. The van der Waals surface area contributed by atoms with Crippen LogP contribution in [0.15, 0.2) is 46.1 Å². The fraction of sp³-hybridized carbons (Fsp3) is 0.231. The number of nitrogens with zero attached hydrogens (tertiary/aromatic N) is 1. The lowest BCUT2D eigenvalue weighted by Crippen LogP contribution is -2.14. The summed E-state index contributed by atoms with van der Waals surface area (Å²) in [6.07, 6.45) is 2.21. The molecule has 100 valence electrons. The Labute approximate surface area is 109 Å². The number of H-pyrrole nitrogens is 1. The Morgan fingerprint density at radius 2 is 2.21 bits per heavy atom. The third kappa shape index (κ3) is 3.56. The van der Waals surface area contributed by atoms with Gasteiger partial charge >= 0.3 is 5.76 Å². The fourth-order valence-corrected chi connectivity index (χ4v) is 1.62. The normalized spacial score (nSPS) is 12.1. The molecule has 0 saturated carbocycles. The second-order valence-corrected chi connectivity index (χ2v) is 4.01. The molecule has 0 saturated heterocycles. The van der Waals surface area contributed by atoms with Crippen LogP contribution in [0.2, 0.25) is 0 Å². The molecule has 0 aliphatic carbocycles. The Kier molecular flexibility index (Phi) is 4.15. The average Bonchev–Trinajstić information content (AvgIpc) is 2.85. The molecule has 19 heavy (non-hydrogen) atoms. The van der Waals surface area contributed by atoms with Crippen LogP contribution in [0.4, 0.5) is 0 Å². The summed E-state index contributed by atoms with van der Waals surface area (Å²) in [7, 11) is 0. The number of aromatic nitrogens is 2. The van der Waals surface area contributed by atoms with Crippen molar-refractivity contribution in [3.63, 3.8) is 0 Å². The maximum atomic E-state index is 10.8. The molecule has 2 aromatic rings. The molecule has 1 unspecified atom stereocenters. The van der Waals surface area contributed by atoms with Crippen molar-refractivity contribution in [1.82, 2.24) is 10.2 Å². The van der Waals surface area contributed by atoms with Crippen LogP contribution in [-0.4, -0.2) is 16.8 Å². The molecule has 3 N–H and O–H groups in total. The number of benzene rings is 1. The van der Waals surface area contributed by atoms with Gasteiger partial charge in [0, 0.05) is 0 Å². The van der Waals surface area contributed by atoms with Gasteiger partial charge in [0.2, 0.25) is 5.89 Å². The van der Waals surface area contributed by atoms with Crippen LogP contribution < -0.4 is 16.2 Å². The van der Waals surface area contributed by atoms with Gasteiger partial charge in [-0.15, -0.1) is 5.10 Å². The number of rotatable bonds is 6. The zero-order chi connectivity index (χ0) is 13.7. The number of nitrogens with one attached hydrogen (secondary N) is 1. The summed E-state index contributed by atoms with van der Waals surface area (Å²) in [5, 5.41) is 5.89. The van der Waals surface area contributed by atoms with Gasteiger partial charge in [-0.25, -0.2) is 9.89 Å². The summed E-state index contributed by atoms with van der Waals surface area (Å²) in [5.41, 5.74) is 6.90. The first-order chi connectivity index (χ1) is 9.19. The lowest BCUT2D eigenvalue weighted by atomic mass is 10.1. The lowest BCUT2D eigenvalue weighted by Gasteiger charge is -2.08. The maximum absolute atomic E-state index is 10.8. The predicted molar refractivity (Wildman–Crippen MR) is 69.9 cm³/mol. The first-order valence-corrected chi connectivity index (χ1v) is 5.82. The van der Waals surface area contributed by atoms with Crippen LogP contribution in [0.3, 0.4) is 0 Å². The topological polar surface area (TPSA) is 94.1 Å². The number of hydrogen-bond acceptors (Lipinski definition) is 5. The Bertz CT molecular complexity index is 586. The largest absolute Gasteiger partial charge is 0.490 e. The van der Waals surface area contributed by atoms with Gasteiger partial charge in [-0.1, -0.05) is 24.8 Å². The van der Waals surface area contributed by atoms with Gasteiger partial charge in [0.25, 0.3) is 0 Å². The molecular formula is C13H15N3O3. The van der Waals surface area contributed by atoms with Crippen molar-refractivity contribution in [2.45, 2.75) is 12.5 Å². The first kappa shape index (κ1) is 13.1. The van der Waals surface area contributed by atoms with E-state index in [9.17, 15) is 4.79 Å². The highest BCUT2D eigenvalue weighted by Gasteiger charge is 2.13. The average molecular weight is 261 g/mol. The summed E-state index contributed by atoms with van der Waals surface area (Å²) in [5.74, 6) is 0.374. The summed E-state index contributed by atoms with van der Waals surface area (Å²) >= 11 is 0. The molecule has 6 heteroatoms. The quantitative estimate of drug-likeness (QED) is 0.761. The van der Waals surface area contributed by atoms with Crippen molar-refractivity contribution in [1.29, 1.82) is 0 Å². The fourth-order valence-electron chi connectivity index (χ4n) is 1.62. The van der Waals surface area contributed by atoms with Crippen molar-refractivity contribution >= 4 is 0 Å². The van der Waals surface area contributed by atoms with E-state index < -0.39 is 11.8 Å². The Balaban J connectivity index is 1.99. The molecule has 0 fully saturated rings. The Hall–Kier alpha value is -2.34. The molecule has 0 aliphatic rings. The molecule has 1 atom stereocenters. The second-order valence-electron chi connectivity index (χ2n) is 4.01. The van der Waals surface area contributed by atoms with E-state index in [-0.39, 0.29) is 5.89 Å². The molecule has 2 rings (SSSR count). The minimum Gasteiger partial charge on any atom is -0.490 e. The minimum atomic E-state index is -0.598.